The number of nitrogens with one attached hydrogen (secondary N) is 2. The number of fused-ring (bicyclic) bond motifs is 1. The van der Waals surface area contributed by atoms with Crippen LogP contribution in [0.2, 0.25) is 0 Å². The number of ether oxygens (including phenoxy) is 4. The molecule has 2 aromatic heterocycles. The number of aromatic amines is 2. The van der Waals surface area contributed by atoms with E-state index in [-0.39, 0.29) is 6.42 Å². The van der Waals surface area contributed by atoms with E-state index >= 15 is 0 Å². The summed E-state index contributed by atoms with van der Waals surface area (Å²) in [5.74, 6) is 0. The maximum Gasteiger partial charge on any atom is 0.490 e. The molecule has 3 fully saturated rings. The number of hydrogen-bond acceptors (Lipinski definition) is 19. The van der Waals surface area contributed by atoms with Crippen molar-refractivity contribution < 1.29 is 89.0 Å². The second kappa shape index (κ2) is 16.9. The topological polar surface area (TPSA) is 382 Å². The Bertz CT molecular complexity index is 2370. The predicted octanol–water partition coefficient (Wildman–Crippen LogP) is -1.56. The Hall–Kier alpha value is -3.10. The Morgan fingerprint density at radius 3 is 1.61 bits per heavy atom. The van der Waals surface area contributed by atoms with Crippen molar-refractivity contribution in [2.45, 2.75) is 61.8 Å². The highest BCUT2D eigenvalue weighted by molar-refractivity contribution is 7.69. The molecule has 13 atom stereocenters. The number of phosphoric acid groups is 4. The minimum Gasteiger partial charge on any atom is -0.387 e. The highest BCUT2D eigenvalue weighted by Gasteiger charge is 2.55. The van der Waals surface area contributed by atoms with Crippen molar-refractivity contribution in [2.75, 3.05) is 13.2 Å². The molecule has 31 heteroatoms. The molecule has 5 unspecified atom stereocenters. The molecule has 6 rings (SSSR count). The number of phosphoric ester groups is 2. The van der Waals surface area contributed by atoms with Crippen LogP contribution in [0.5, 0.6) is 0 Å². The van der Waals surface area contributed by atoms with Gasteiger partial charge in [-0.05, 0) is 5.56 Å². The summed E-state index contributed by atoms with van der Waals surface area (Å²) in [5.41, 5.74) is -2.72. The summed E-state index contributed by atoms with van der Waals surface area (Å²) in [6.07, 6.45) is -10.8. The van der Waals surface area contributed by atoms with Gasteiger partial charge in [0.2, 0.25) is 0 Å². The van der Waals surface area contributed by atoms with Crippen molar-refractivity contribution in [3.63, 3.8) is 0 Å². The lowest BCUT2D eigenvalue weighted by Crippen LogP contribution is -2.37. The molecular formula is C26H32N4O23P4. The van der Waals surface area contributed by atoms with E-state index in [1.807, 2.05) is 9.97 Å². The van der Waals surface area contributed by atoms with Crippen molar-refractivity contribution in [1.82, 2.24) is 19.1 Å². The Morgan fingerprint density at radius 2 is 1.07 bits per heavy atom. The number of hydrogen-bond donors (Lipinski definition) is 8. The van der Waals surface area contributed by atoms with E-state index < -0.39 is 122 Å². The molecule has 3 aliphatic rings. The van der Waals surface area contributed by atoms with Gasteiger partial charge < -0.3 is 48.7 Å². The Balaban J connectivity index is 1.05. The van der Waals surface area contributed by atoms with Crippen LogP contribution in [0.4, 0.5) is 0 Å². The number of aliphatic hydroxyl groups excluding tert-OH is 2. The van der Waals surface area contributed by atoms with Gasteiger partial charge in [0.05, 0.1) is 13.2 Å². The number of aromatic nitrogens is 4. The lowest BCUT2D eigenvalue weighted by Gasteiger charge is -2.23. The number of aliphatic hydroxyl groups is 2. The van der Waals surface area contributed by atoms with Crippen molar-refractivity contribution in [3.05, 3.63) is 102 Å². The average Bonchev–Trinajstić information content (AvgIpc) is 3.73. The van der Waals surface area contributed by atoms with E-state index in [0.717, 1.165) is 34.7 Å². The standard InChI is InChI=1S/C26H32N4O23P4/c31-16-6-8-29(25(35)27-16)23-20(34)19(33)14(47-23)11-45-54(37,38)51-56(41,42)53-57(43,44)52-55(39,40)46-12-15-21-22(24(48-15)30-9-7-17(32)28-26(30)36)50-18(49-21)10-13-4-2-1-3-5-13/h1-9,14-15,18-24,33-34H,10-12H2,(H,37,38)(H,39,40)(H,41,42)(H,43,44)(H,27,31,35)(H,28,32,36)/t14-,15-,18?,19-,20-,21-,22-,23-,24-/m1/s1. The van der Waals surface area contributed by atoms with Gasteiger partial charge in [0.15, 0.2) is 18.7 Å². The molecule has 0 saturated carbocycles. The van der Waals surface area contributed by atoms with Crippen LogP contribution in [-0.2, 0) is 65.6 Å². The van der Waals surface area contributed by atoms with Crippen molar-refractivity contribution >= 4 is 31.3 Å². The molecule has 314 valence electrons. The summed E-state index contributed by atoms with van der Waals surface area (Å²) in [5, 5.41) is 20.5. The molecule has 3 aliphatic heterocycles. The van der Waals surface area contributed by atoms with Crippen molar-refractivity contribution in [3.8, 4) is 0 Å². The normalized spacial score (nSPS) is 31.5. The van der Waals surface area contributed by atoms with Gasteiger partial charge in [-0.3, -0.25) is 37.7 Å². The summed E-state index contributed by atoms with van der Waals surface area (Å²) >= 11 is 0. The number of nitrogens with zero attached hydrogens (tertiary/aromatic N) is 2. The van der Waals surface area contributed by atoms with Gasteiger partial charge >= 0.3 is 42.7 Å². The van der Waals surface area contributed by atoms with E-state index in [0.29, 0.717) is 4.57 Å². The maximum absolute atomic E-state index is 12.7. The fraction of sp³-hybridized carbons (Fsp3) is 0.462. The van der Waals surface area contributed by atoms with Gasteiger partial charge in [0.25, 0.3) is 11.1 Å². The zero-order valence-corrected chi connectivity index (χ0v) is 31.9. The molecule has 3 aromatic rings. The van der Waals surface area contributed by atoms with Gasteiger partial charge in [-0.2, -0.15) is 12.9 Å². The monoisotopic (exact) mass is 892 g/mol. The molecule has 0 spiro atoms. The third-order valence-corrected chi connectivity index (χ3v) is 14.1. The van der Waals surface area contributed by atoms with E-state index in [2.05, 4.69) is 17.5 Å². The Kier molecular flexibility index (Phi) is 12.9. The van der Waals surface area contributed by atoms with Crippen LogP contribution in [0, 0.1) is 0 Å². The van der Waals surface area contributed by atoms with Crippen molar-refractivity contribution in [1.29, 1.82) is 0 Å². The quantitative estimate of drug-likeness (QED) is 0.0754. The first-order valence-electron chi connectivity index (χ1n) is 16.0. The summed E-state index contributed by atoms with van der Waals surface area (Å²) in [6.45, 7) is -2.18. The predicted molar refractivity (Wildman–Crippen MR) is 181 cm³/mol. The van der Waals surface area contributed by atoms with E-state index in [9.17, 15) is 67.2 Å². The number of H-pyrrole nitrogens is 2. The van der Waals surface area contributed by atoms with Crippen molar-refractivity contribution in [2.24, 2.45) is 0 Å². The minimum atomic E-state index is -6.24. The summed E-state index contributed by atoms with van der Waals surface area (Å²) in [6, 6.07) is 10.8. The van der Waals surface area contributed by atoms with Gasteiger partial charge in [-0.25, -0.2) is 27.8 Å². The van der Waals surface area contributed by atoms with Gasteiger partial charge in [0.1, 0.15) is 36.6 Å². The van der Waals surface area contributed by atoms with E-state index in [1.54, 1.807) is 30.3 Å². The van der Waals surface area contributed by atoms with Gasteiger partial charge in [-0.1, -0.05) is 30.3 Å². The fourth-order valence-electron chi connectivity index (χ4n) is 5.82. The highest BCUT2D eigenvalue weighted by atomic mass is 31.3. The zero-order chi connectivity index (χ0) is 41.5. The molecule has 0 radical (unpaired) electrons. The second-order valence-corrected chi connectivity index (χ2v) is 18.4. The van der Waals surface area contributed by atoms with Crippen LogP contribution in [0.1, 0.15) is 18.0 Å². The average molecular weight is 892 g/mol. The minimum absolute atomic E-state index is 0.205. The first-order valence-corrected chi connectivity index (χ1v) is 22.0. The summed E-state index contributed by atoms with van der Waals surface area (Å²) in [7, 11) is -24.1. The highest BCUT2D eigenvalue weighted by Crippen LogP contribution is 2.71. The first kappa shape index (κ1) is 43.5. The summed E-state index contributed by atoms with van der Waals surface area (Å²) in [4.78, 5) is 91.5. The Labute approximate surface area is 316 Å². The molecule has 0 amide bonds. The van der Waals surface area contributed by atoms with Gasteiger partial charge in [-0.15, -0.1) is 0 Å². The number of benzene rings is 1. The van der Waals surface area contributed by atoms with Crippen LogP contribution in [0.15, 0.2) is 74.0 Å². The van der Waals surface area contributed by atoms with Crippen LogP contribution >= 0.6 is 31.3 Å². The molecular weight excluding hydrogens is 860 g/mol. The molecule has 1 aromatic carbocycles. The largest absolute Gasteiger partial charge is 0.490 e. The number of rotatable bonds is 16. The molecule has 57 heavy (non-hydrogen) atoms. The molecule has 3 saturated heterocycles. The molecule has 0 bridgehead atoms. The third kappa shape index (κ3) is 10.8. The third-order valence-electron chi connectivity index (χ3n) is 8.16. The lowest BCUT2D eigenvalue weighted by atomic mass is 10.1. The first-order chi connectivity index (χ1) is 26.6. The molecule has 27 nitrogen and oxygen atoms in total. The fourth-order valence-corrected chi connectivity index (χ4v) is 10.8. The molecule has 0 aliphatic carbocycles. The zero-order valence-electron chi connectivity index (χ0n) is 28.3. The lowest BCUT2D eigenvalue weighted by molar-refractivity contribution is -0.150. The second-order valence-electron chi connectivity index (χ2n) is 12.2. The van der Waals surface area contributed by atoms with Crippen LogP contribution in [0.3, 0.4) is 0 Å². The maximum atomic E-state index is 12.7. The van der Waals surface area contributed by atoms with Crippen LogP contribution in [0.25, 0.3) is 0 Å². The molecule has 5 heterocycles. The Morgan fingerprint density at radius 1 is 0.596 bits per heavy atom. The van der Waals surface area contributed by atoms with E-state index in [4.69, 9.17) is 23.5 Å². The van der Waals surface area contributed by atoms with Crippen LogP contribution < -0.4 is 22.5 Å². The van der Waals surface area contributed by atoms with Crippen LogP contribution in [-0.4, -0.2) is 105 Å². The van der Waals surface area contributed by atoms with Gasteiger partial charge in [0, 0.05) is 30.9 Å². The summed E-state index contributed by atoms with van der Waals surface area (Å²) < 4.78 is 95.5. The van der Waals surface area contributed by atoms with E-state index in [1.165, 1.54) is 0 Å². The molecule has 8 N–H and O–H groups in total. The smallest absolute Gasteiger partial charge is 0.387 e. The SMILES string of the molecule is O=c1ccn([C@@H]2O[C@H](COP(=O)(O)OP(=O)(O)OP(=O)(O)OP(=O)(O)OC[C@H]3O[C@@H](n4ccc(=O)[nH]c4=O)[C@@H]4OC(Cc5ccccc5)O[C@@H]43)[C@@H](O)[C@H]2O)c(=O)[nH]1.